The number of anilines is 1. The molecule has 5 nitrogen and oxygen atoms in total. The SMILES string of the molecule is CCOC(=O)c1sc2nc(CSc3cccc(Br)c3)nc(N)c2c1C. The summed E-state index contributed by atoms with van der Waals surface area (Å²) in [5, 5.41) is 0.740. The summed E-state index contributed by atoms with van der Waals surface area (Å²) in [5.41, 5.74) is 6.90. The van der Waals surface area contributed by atoms with E-state index in [1.165, 1.54) is 11.3 Å². The van der Waals surface area contributed by atoms with E-state index >= 15 is 0 Å². The second-order valence-corrected chi connectivity index (χ2v) is 8.19. The molecule has 0 saturated carbocycles. The molecule has 3 rings (SSSR count). The number of nitrogen functional groups attached to an aromatic ring is 1. The van der Waals surface area contributed by atoms with Crippen molar-refractivity contribution in [3.63, 3.8) is 0 Å². The molecule has 0 aliphatic heterocycles. The van der Waals surface area contributed by atoms with Crippen LogP contribution in [0, 0.1) is 6.92 Å². The molecule has 0 spiro atoms. The average Bonchev–Trinajstić information content (AvgIpc) is 2.91. The first-order valence-corrected chi connectivity index (χ1v) is 10.2. The lowest BCUT2D eigenvalue weighted by molar-refractivity contribution is 0.0531. The third kappa shape index (κ3) is 3.96. The Kier molecular flexibility index (Phi) is 5.61. The molecular formula is C17H16BrN3O2S2. The van der Waals surface area contributed by atoms with Gasteiger partial charge in [-0.15, -0.1) is 23.1 Å². The van der Waals surface area contributed by atoms with Crippen LogP contribution in [0.1, 0.15) is 28.0 Å². The number of hydrogen-bond acceptors (Lipinski definition) is 7. The van der Waals surface area contributed by atoms with Crippen LogP contribution in [0.2, 0.25) is 0 Å². The van der Waals surface area contributed by atoms with E-state index in [4.69, 9.17) is 10.5 Å². The molecule has 0 fully saturated rings. The van der Waals surface area contributed by atoms with Crippen molar-refractivity contribution in [3.05, 3.63) is 45.0 Å². The largest absolute Gasteiger partial charge is 0.462 e. The van der Waals surface area contributed by atoms with E-state index in [2.05, 4.69) is 25.9 Å². The fourth-order valence-electron chi connectivity index (χ4n) is 2.38. The minimum atomic E-state index is -0.340. The maximum Gasteiger partial charge on any atom is 0.348 e. The quantitative estimate of drug-likeness (QED) is 0.455. The van der Waals surface area contributed by atoms with Crippen LogP contribution in [0.5, 0.6) is 0 Å². The molecule has 0 aliphatic carbocycles. The maximum absolute atomic E-state index is 12.1. The molecule has 2 aromatic heterocycles. The number of nitrogens with zero attached hydrogens (tertiary/aromatic N) is 2. The predicted molar refractivity (Wildman–Crippen MR) is 106 cm³/mol. The summed E-state index contributed by atoms with van der Waals surface area (Å²) in [6.45, 7) is 3.97. The average molecular weight is 438 g/mol. The van der Waals surface area contributed by atoms with Gasteiger partial charge < -0.3 is 10.5 Å². The van der Waals surface area contributed by atoms with E-state index in [9.17, 15) is 4.79 Å². The number of hydrogen-bond donors (Lipinski definition) is 1. The molecule has 0 unspecified atom stereocenters. The lowest BCUT2D eigenvalue weighted by Crippen LogP contribution is -2.03. The number of thioether (sulfide) groups is 1. The molecule has 0 amide bonds. The third-order valence-electron chi connectivity index (χ3n) is 3.49. The van der Waals surface area contributed by atoms with Gasteiger partial charge in [0.05, 0.1) is 17.7 Å². The van der Waals surface area contributed by atoms with Crippen LogP contribution in [-0.4, -0.2) is 22.5 Å². The molecule has 0 radical (unpaired) electrons. The Bertz CT molecular complexity index is 943. The second-order valence-electron chi connectivity index (χ2n) is 5.23. The summed E-state index contributed by atoms with van der Waals surface area (Å²) in [4.78, 5) is 23.4. The molecule has 25 heavy (non-hydrogen) atoms. The molecule has 0 aliphatic rings. The number of benzene rings is 1. The van der Waals surface area contributed by atoms with Crippen molar-refractivity contribution >= 4 is 61.0 Å². The van der Waals surface area contributed by atoms with Crippen LogP contribution >= 0.6 is 39.0 Å². The van der Waals surface area contributed by atoms with E-state index in [0.29, 0.717) is 28.9 Å². The number of halogens is 1. The van der Waals surface area contributed by atoms with Crippen LogP contribution in [-0.2, 0) is 10.5 Å². The van der Waals surface area contributed by atoms with Gasteiger partial charge in [0.2, 0.25) is 0 Å². The van der Waals surface area contributed by atoms with E-state index in [0.717, 1.165) is 25.1 Å². The van der Waals surface area contributed by atoms with E-state index in [1.54, 1.807) is 18.7 Å². The summed E-state index contributed by atoms with van der Waals surface area (Å²) in [6.07, 6.45) is 0. The van der Waals surface area contributed by atoms with E-state index in [1.807, 2.05) is 31.2 Å². The number of esters is 1. The zero-order valence-electron chi connectivity index (χ0n) is 13.7. The van der Waals surface area contributed by atoms with E-state index < -0.39 is 0 Å². The van der Waals surface area contributed by atoms with Gasteiger partial charge in [0, 0.05) is 9.37 Å². The van der Waals surface area contributed by atoms with Gasteiger partial charge in [-0.1, -0.05) is 22.0 Å². The first kappa shape index (κ1) is 18.2. The van der Waals surface area contributed by atoms with Crippen LogP contribution in [0.25, 0.3) is 10.2 Å². The highest BCUT2D eigenvalue weighted by Crippen LogP contribution is 2.34. The highest BCUT2D eigenvalue weighted by molar-refractivity contribution is 9.10. The van der Waals surface area contributed by atoms with Crippen molar-refractivity contribution in [2.24, 2.45) is 0 Å². The van der Waals surface area contributed by atoms with Crippen LogP contribution in [0.15, 0.2) is 33.6 Å². The fourth-order valence-corrected chi connectivity index (χ4v) is 4.84. The number of carbonyl (C=O) groups is 1. The summed E-state index contributed by atoms with van der Waals surface area (Å²) in [7, 11) is 0. The minimum Gasteiger partial charge on any atom is -0.462 e. The number of aryl methyl sites for hydroxylation is 1. The number of fused-ring (bicyclic) bond motifs is 1. The maximum atomic E-state index is 12.1. The molecule has 0 saturated heterocycles. The summed E-state index contributed by atoms with van der Waals surface area (Å²) < 4.78 is 6.13. The van der Waals surface area contributed by atoms with Gasteiger partial charge in [-0.05, 0) is 37.6 Å². The van der Waals surface area contributed by atoms with Crippen molar-refractivity contribution in [1.29, 1.82) is 0 Å². The van der Waals surface area contributed by atoms with Crippen LogP contribution < -0.4 is 5.73 Å². The Morgan fingerprint density at radius 2 is 2.20 bits per heavy atom. The normalized spacial score (nSPS) is 11.0. The molecule has 2 heterocycles. The van der Waals surface area contributed by atoms with Gasteiger partial charge in [-0.2, -0.15) is 0 Å². The predicted octanol–water partition coefficient (Wildman–Crippen LogP) is 4.81. The molecule has 130 valence electrons. The monoisotopic (exact) mass is 437 g/mol. The van der Waals surface area contributed by atoms with Gasteiger partial charge in [0.25, 0.3) is 0 Å². The standard InChI is InChI=1S/C17H16BrN3O2S2/c1-3-23-17(22)14-9(2)13-15(19)20-12(21-16(13)25-14)8-24-11-6-4-5-10(18)7-11/h4-7H,3,8H2,1-2H3,(H2,19,20,21). The van der Waals surface area contributed by atoms with Gasteiger partial charge in [-0.3, -0.25) is 0 Å². The molecule has 3 aromatic rings. The summed E-state index contributed by atoms with van der Waals surface area (Å²) in [5.74, 6) is 1.31. The van der Waals surface area contributed by atoms with Gasteiger partial charge in [0.1, 0.15) is 21.3 Å². The first-order valence-electron chi connectivity index (χ1n) is 7.60. The lowest BCUT2D eigenvalue weighted by Gasteiger charge is -2.04. The Morgan fingerprint density at radius 3 is 2.92 bits per heavy atom. The van der Waals surface area contributed by atoms with Gasteiger partial charge >= 0.3 is 5.97 Å². The number of aromatic nitrogens is 2. The number of ether oxygens (including phenoxy) is 1. The number of carbonyl (C=O) groups excluding carboxylic acids is 1. The second kappa shape index (κ2) is 7.72. The fraction of sp³-hybridized carbons (Fsp3) is 0.235. The Balaban J connectivity index is 1.89. The zero-order chi connectivity index (χ0) is 18.0. The number of thiophene rings is 1. The first-order chi connectivity index (χ1) is 12.0. The summed E-state index contributed by atoms with van der Waals surface area (Å²) >= 11 is 6.40. The van der Waals surface area contributed by atoms with Crippen molar-refractivity contribution in [3.8, 4) is 0 Å². The highest BCUT2D eigenvalue weighted by Gasteiger charge is 2.20. The van der Waals surface area contributed by atoms with Gasteiger partial charge in [0.15, 0.2) is 0 Å². The molecule has 2 N–H and O–H groups in total. The number of rotatable bonds is 5. The van der Waals surface area contributed by atoms with Crippen molar-refractivity contribution in [1.82, 2.24) is 9.97 Å². The lowest BCUT2D eigenvalue weighted by atomic mass is 10.2. The summed E-state index contributed by atoms with van der Waals surface area (Å²) in [6, 6.07) is 8.04. The van der Waals surface area contributed by atoms with Gasteiger partial charge in [-0.25, -0.2) is 14.8 Å². The Labute approximate surface area is 162 Å². The number of nitrogens with two attached hydrogens (primary N) is 1. The smallest absolute Gasteiger partial charge is 0.348 e. The minimum absolute atomic E-state index is 0.336. The van der Waals surface area contributed by atoms with Crippen LogP contribution in [0.3, 0.4) is 0 Å². The van der Waals surface area contributed by atoms with Crippen molar-refractivity contribution < 1.29 is 9.53 Å². The molecule has 1 aromatic carbocycles. The topological polar surface area (TPSA) is 78.1 Å². The molecular weight excluding hydrogens is 422 g/mol. The third-order valence-corrected chi connectivity index (χ3v) is 6.14. The van der Waals surface area contributed by atoms with Crippen LogP contribution in [0.4, 0.5) is 5.82 Å². The van der Waals surface area contributed by atoms with Crippen molar-refractivity contribution in [2.75, 3.05) is 12.3 Å². The van der Waals surface area contributed by atoms with Crippen molar-refractivity contribution in [2.45, 2.75) is 24.5 Å². The molecule has 0 atom stereocenters. The van der Waals surface area contributed by atoms with E-state index in [-0.39, 0.29) is 5.97 Å². The highest BCUT2D eigenvalue weighted by atomic mass is 79.9. The Morgan fingerprint density at radius 1 is 1.40 bits per heavy atom. The molecule has 0 bridgehead atoms. The Hall–Kier alpha value is -1.64. The molecule has 8 heteroatoms. The zero-order valence-corrected chi connectivity index (χ0v) is 16.9.